The summed E-state index contributed by atoms with van der Waals surface area (Å²) in [5, 5.41) is 0. The second-order valence-corrected chi connectivity index (χ2v) is 4.60. The molecule has 0 aromatic heterocycles. The van der Waals surface area contributed by atoms with Crippen molar-refractivity contribution in [2.24, 2.45) is 0 Å². The quantitative estimate of drug-likeness (QED) is 0.726. The number of rotatable bonds is 3. The molecule has 0 heterocycles. The number of terminal acetylenes is 1. The fourth-order valence-corrected chi connectivity index (χ4v) is 1.49. The number of methoxy groups -OCH3 is 1. The maximum atomic E-state index is 5.54. The first-order chi connectivity index (χ1) is 7.49. The zero-order chi connectivity index (χ0) is 12.2. The van der Waals surface area contributed by atoms with Gasteiger partial charge in [0.1, 0.15) is 18.1 Å². The molecule has 0 saturated heterocycles. The van der Waals surface area contributed by atoms with E-state index < -0.39 is 0 Å². The molecular formula is C14H18O2. The van der Waals surface area contributed by atoms with Crippen LogP contribution in [0.15, 0.2) is 18.2 Å². The molecular weight excluding hydrogens is 200 g/mol. The molecule has 0 atom stereocenters. The predicted molar refractivity (Wildman–Crippen MR) is 66.0 cm³/mol. The number of hydrogen-bond acceptors (Lipinski definition) is 2. The van der Waals surface area contributed by atoms with Crippen molar-refractivity contribution in [3.8, 4) is 23.8 Å². The lowest BCUT2D eigenvalue weighted by atomic mass is 9.86. The zero-order valence-corrected chi connectivity index (χ0v) is 10.3. The summed E-state index contributed by atoms with van der Waals surface area (Å²) in [6.45, 7) is 6.68. The molecule has 1 rings (SSSR count). The first-order valence-electron chi connectivity index (χ1n) is 5.24. The van der Waals surface area contributed by atoms with Gasteiger partial charge < -0.3 is 9.47 Å². The van der Waals surface area contributed by atoms with Crippen LogP contribution >= 0.6 is 0 Å². The van der Waals surface area contributed by atoms with Gasteiger partial charge in [0.25, 0.3) is 0 Å². The highest BCUT2D eigenvalue weighted by atomic mass is 16.5. The van der Waals surface area contributed by atoms with Gasteiger partial charge in [-0.25, -0.2) is 0 Å². The Bertz CT molecular complexity index is 394. The average Bonchev–Trinajstić information content (AvgIpc) is 2.24. The number of hydrogen-bond donors (Lipinski definition) is 0. The van der Waals surface area contributed by atoms with E-state index in [1.54, 1.807) is 7.11 Å². The minimum atomic E-state index is 0.0240. The highest BCUT2D eigenvalue weighted by Crippen LogP contribution is 2.34. The van der Waals surface area contributed by atoms with Crippen molar-refractivity contribution in [3.05, 3.63) is 23.8 Å². The normalized spacial score (nSPS) is 10.7. The second kappa shape index (κ2) is 4.94. The lowest BCUT2D eigenvalue weighted by Crippen LogP contribution is -2.13. The first-order valence-corrected chi connectivity index (χ1v) is 5.24. The van der Waals surface area contributed by atoms with E-state index in [0.29, 0.717) is 0 Å². The molecule has 0 unspecified atom stereocenters. The van der Waals surface area contributed by atoms with E-state index in [1.165, 1.54) is 0 Å². The Balaban J connectivity index is 3.12. The van der Waals surface area contributed by atoms with Crippen LogP contribution in [-0.2, 0) is 5.41 Å². The second-order valence-electron chi connectivity index (χ2n) is 4.60. The molecule has 0 N–H and O–H groups in total. The summed E-state index contributed by atoms with van der Waals surface area (Å²) in [4.78, 5) is 0. The summed E-state index contributed by atoms with van der Waals surface area (Å²) in [6.07, 6.45) is 5.20. The monoisotopic (exact) mass is 218 g/mol. The Morgan fingerprint density at radius 1 is 1.31 bits per heavy atom. The van der Waals surface area contributed by atoms with E-state index in [0.717, 1.165) is 17.1 Å². The molecule has 0 aliphatic rings. The van der Waals surface area contributed by atoms with E-state index in [4.69, 9.17) is 15.9 Å². The molecule has 0 fully saturated rings. The lowest BCUT2D eigenvalue weighted by Gasteiger charge is -2.22. The molecule has 0 aliphatic heterocycles. The van der Waals surface area contributed by atoms with Gasteiger partial charge in [-0.1, -0.05) is 32.8 Å². The van der Waals surface area contributed by atoms with Gasteiger partial charge in [-0.2, -0.15) is 0 Å². The van der Waals surface area contributed by atoms with Gasteiger partial charge >= 0.3 is 0 Å². The van der Waals surface area contributed by atoms with Crippen molar-refractivity contribution in [2.75, 3.05) is 13.7 Å². The summed E-state index contributed by atoms with van der Waals surface area (Å²) in [6, 6.07) is 5.83. The van der Waals surface area contributed by atoms with E-state index in [1.807, 2.05) is 18.2 Å². The molecule has 0 amide bonds. The molecule has 16 heavy (non-hydrogen) atoms. The zero-order valence-electron chi connectivity index (χ0n) is 10.3. The third-order valence-corrected chi connectivity index (χ3v) is 2.31. The van der Waals surface area contributed by atoms with Gasteiger partial charge in [0.2, 0.25) is 0 Å². The van der Waals surface area contributed by atoms with Crippen LogP contribution < -0.4 is 9.47 Å². The van der Waals surface area contributed by atoms with Crippen LogP contribution in [0.2, 0.25) is 0 Å². The Labute approximate surface area is 97.6 Å². The van der Waals surface area contributed by atoms with Gasteiger partial charge in [0.05, 0.1) is 7.11 Å². The van der Waals surface area contributed by atoms with Crippen LogP contribution in [0, 0.1) is 12.3 Å². The van der Waals surface area contributed by atoms with Gasteiger partial charge in [-0.3, -0.25) is 0 Å². The van der Waals surface area contributed by atoms with E-state index >= 15 is 0 Å². The van der Waals surface area contributed by atoms with Crippen molar-refractivity contribution < 1.29 is 9.47 Å². The highest BCUT2D eigenvalue weighted by Gasteiger charge is 2.19. The maximum Gasteiger partial charge on any atom is 0.148 e. The number of benzene rings is 1. The van der Waals surface area contributed by atoms with Crippen molar-refractivity contribution in [2.45, 2.75) is 26.2 Å². The van der Waals surface area contributed by atoms with Gasteiger partial charge in [0, 0.05) is 6.07 Å². The minimum Gasteiger partial charge on any atom is -0.497 e. The van der Waals surface area contributed by atoms with Crippen LogP contribution in [0.4, 0.5) is 0 Å². The van der Waals surface area contributed by atoms with Gasteiger partial charge in [-0.15, -0.1) is 6.42 Å². The Morgan fingerprint density at radius 3 is 2.50 bits per heavy atom. The standard InChI is InChI=1S/C14H18O2/c1-6-9-16-13-10-11(15-5)7-8-12(13)14(2,3)4/h1,7-8,10H,9H2,2-5H3. The van der Waals surface area contributed by atoms with Crippen molar-refractivity contribution >= 4 is 0 Å². The molecule has 0 radical (unpaired) electrons. The summed E-state index contributed by atoms with van der Waals surface area (Å²) >= 11 is 0. The van der Waals surface area contributed by atoms with Crippen LogP contribution in [0.1, 0.15) is 26.3 Å². The van der Waals surface area contributed by atoms with Crippen LogP contribution in [0.3, 0.4) is 0 Å². The molecule has 0 aliphatic carbocycles. The van der Waals surface area contributed by atoms with Gasteiger partial charge in [-0.05, 0) is 17.0 Å². The number of ether oxygens (including phenoxy) is 2. The molecule has 1 aromatic carbocycles. The Morgan fingerprint density at radius 2 is 2.00 bits per heavy atom. The summed E-state index contributed by atoms with van der Waals surface area (Å²) in [5.74, 6) is 4.04. The molecule has 0 spiro atoms. The topological polar surface area (TPSA) is 18.5 Å². The van der Waals surface area contributed by atoms with Crippen LogP contribution in [0.5, 0.6) is 11.5 Å². The third kappa shape index (κ3) is 2.93. The van der Waals surface area contributed by atoms with Crippen molar-refractivity contribution in [1.29, 1.82) is 0 Å². The van der Waals surface area contributed by atoms with Gasteiger partial charge in [0.15, 0.2) is 0 Å². The fourth-order valence-electron chi connectivity index (χ4n) is 1.49. The summed E-state index contributed by atoms with van der Waals surface area (Å²) in [5.41, 5.74) is 1.15. The third-order valence-electron chi connectivity index (χ3n) is 2.31. The highest BCUT2D eigenvalue weighted by molar-refractivity contribution is 5.44. The SMILES string of the molecule is C#CCOc1cc(OC)ccc1C(C)(C)C. The smallest absolute Gasteiger partial charge is 0.148 e. The molecule has 2 nitrogen and oxygen atoms in total. The fraction of sp³-hybridized carbons (Fsp3) is 0.429. The molecule has 86 valence electrons. The van der Waals surface area contributed by atoms with Crippen LogP contribution in [0.25, 0.3) is 0 Å². The first kappa shape index (κ1) is 12.4. The maximum absolute atomic E-state index is 5.54. The largest absolute Gasteiger partial charge is 0.497 e. The molecule has 1 aromatic rings. The average molecular weight is 218 g/mol. The van der Waals surface area contributed by atoms with Crippen LogP contribution in [-0.4, -0.2) is 13.7 Å². The summed E-state index contributed by atoms with van der Waals surface area (Å²) in [7, 11) is 1.64. The predicted octanol–water partition coefficient (Wildman–Crippen LogP) is 3.00. The molecule has 0 saturated carbocycles. The lowest BCUT2D eigenvalue weighted by molar-refractivity contribution is 0.351. The Hall–Kier alpha value is -1.62. The Kier molecular flexibility index (Phi) is 3.84. The van der Waals surface area contributed by atoms with E-state index in [2.05, 4.69) is 26.7 Å². The minimum absolute atomic E-state index is 0.0240. The van der Waals surface area contributed by atoms with E-state index in [9.17, 15) is 0 Å². The molecule has 0 bridgehead atoms. The van der Waals surface area contributed by atoms with Crippen molar-refractivity contribution in [3.63, 3.8) is 0 Å². The van der Waals surface area contributed by atoms with Crippen molar-refractivity contribution in [1.82, 2.24) is 0 Å². The van der Waals surface area contributed by atoms with E-state index in [-0.39, 0.29) is 12.0 Å². The summed E-state index contributed by atoms with van der Waals surface area (Å²) < 4.78 is 10.7. The molecule has 2 heteroatoms.